The lowest BCUT2D eigenvalue weighted by Gasteiger charge is -2.34. The lowest BCUT2D eigenvalue weighted by molar-refractivity contribution is -0.121. The molecule has 2 heterocycles. The normalized spacial score (nSPS) is 17.2. The minimum absolute atomic E-state index is 0.0899. The van der Waals surface area contributed by atoms with Crippen LogP contribution in [0.4, 0.5) is 5.69 Å². The number of carbonyl (C=O) groups is 2. The third kappa shape index (κ3) is 3.96. The summed E-state index contributed by atoms with van der Waals surface area (Å²) < 4.78 is 5.27. The first-order valence-corrected chi connectivity index (χ1v) is 9.35. The highest BCUT2D eigenvalue weighted by atomic mass is 35.5. The van der Waals surface area contributed by atoms with E-state index in [0.29, 0.717) is 34.3 Å². The molecule has 0 aliphatic carbocycles. The number of carbonyl (C=O) groups excluding carboxylic acids is 2. The molecule has 5 nitrogen and oxygen atoms in total. The summed E-state index contributed by atoms with van der Waals surface area (Å²) in [5, 5.41) is 5.23. The highest BCUT2D eigenvalue weighted by Crippen LogP contribution is 2.29. The average Bonchev–Trinajstić information content (AvgIpc) is 3.16. The van der Waals surface area contributed by atoms with Crippen LogP contribution in [0.15, 0.2) is 35.7 Å². The van der Waals surface area contributed by atoms with Gasteiger partial charge in [0.2, 0.25) is 5.91 Å². The van der Waals surface area contributed by atoms with Crippen molar-refractivity contribution in [3.63, 3.8) is 0 Å². The van der Waals surface area contributed by atoms with Crippen molar-refractivity contribution in [2.45, 2.75) is 25.3 Å². The van der Waals surface area contributed by atoms with Gasteiger partial charge in [-0.25, -0.2) is 0 Å². The van der Waals surface area contributed by atoms with Gasteiger partial charge in [-0.3, -0.25) is 9.59 Å². The zero-order chi connectivity index (χ0) is 17.8. The van der Waals surface area contributed by atoms with Crippen molar-refractivity contribution in [1.29, 1.82) is 0 Å². The monoisotopic (exact) mass is 378 g/mol. The van der Waals surface area contributed by atoms with Crippen LogP contribution >= 0.6 is 22.9 Å². The molecule has 2 aromatic rings. The van der Waals surface area contributed by atoms with E-state index in [-0.39, 0.29) is 11.8 Å². The van der Waals surface area contributed by atoms with E-state index in [9.17, 15) is 9.59 Å². The molecule has 1 saturated heterocycles. The number of nitrogens with zero attached hydrogens (tertiary/aromatic N) is 1. The molecule has 1 unspecified atom stereocenters. The third-order valence-electron chi connectivity index (χ3n) is 4.22. The van der Waals surface area contributed by atoms with E-state index in [4.69, 9.17) is 16.3 Å². The molecule has 1 atom stereocenters. The Bertz CT molecular complexity index is 764. The maximum Gasteiger partial charge on any atom is 0.264 e. The van der Waals surface area contributed by atoms with Gasteiger partial charge >= 0.3 is 0 Å². The Morgan fingerprint density at radius 3 is 2.88 bits per heavy atom. The molecule has 1 aromatic carbocycles. The fourth-order valence-corrected chi connectivity index (χ4v) is 3.83. The van der Waals surface area contributed by atoms with Gasteiger partial charge in [0.1, 0.15) is 11.8 Å². The van der Waals surface area contributed by atoms with Gasteiger partial charge in [-0.2, -0.15) is 0 Å². The maximum absolute atomic E-state index is 12.8. The van der Waals surface area contributed by atoms with Crippen molar-refractivity contribution < 1.29 is 14.3 Å². The van der Waals surface area contributed by atoms with Crippen LogP contribution < -0.4 is 10.1 Å². The quantitative estimate of drug-likeness (QED) is 0.873. The van der Waals surface area contributed by atoms with Crippen molar-refractivity contribution in [2.75, 3.05) is 19.0 Å². The third-order valence-corrected chi connectivity index (χ3v) is 5.31. The number of hydrogen-bond donors (Lipinski definition) is 1. The van der Waals surface area contributed by atoms with Gasteiger partial charge in [0.15, 0.2) is 0 Å². The van der Waals surface area contributed by atoms with E-state index < -0.39 is 6.04 Å². The number of ether oxygens (including phenoxy) is 1. The number of halogens is 1. The first-order chi connectivity index (χ1) is 12.1. The first kappa shape index (κ1) is 17.8. The zero-order valence-electron chi connectivity index (χ0n) is 13.8. The van der Waals surface area contributed by atoms with Gasteiger partial charge in [-0.15, -0.1) is 11.3 Å². The molecule has 0 bridgehead atoms. The number of rotatable bonds is 4. The molecule has 1 aliphatic rings. The summed E-state index contributed by atoms with van der Waals surface area (Å²) in [7, 11) is 1.53. The van der Waals surface area contributed by atoms with Crippen molar-refractivity contribution >= 4 is 40.4 Å². The Morgan fingerprint density at radius 1 is 1.32 bits per heavy atom. The number of hydrogen-bond acceptors (Lipinski definition) is 4. The molecule has 3 rings (SSSR count). The minimum atomic E-state index is -0.493. The van der Waals surface area contributed by atoms with Gasteiger partial charge < -0.3 is 15.0 Å². The molecule has 7 heteroatoms. The second-order valence-electron chi connectivity index (χ2n) is 5.82. The van der Waals surface area contributed by atoms with Gasteiger partial charge in [0.25, 0.3) is 5.91 Å². The predicted octanol–water partition coefficient (Wildman–Crippen LogP) is 4.04. The number of anilines is 1. The maximum atomic E-state index is 12.8. The Labute approximate surface area is 155 Å². The van der Waals surface area contributed by atoms with E-state index in [2.05, 4.69) is 5.32 Å². The molecule has 25 heavy (non-hydrogen) atoms. The molecule has 1 fully saturated rings. The highest BCUT2D eigenvalue weighted by molar-refractivity contribution is 7.12. The summed E-state index contributed by atoms with van der Waals surface area (Å²) in [5.74, 6) is 0.225. The van der Waals surface area contributed by atoms with Crippen LogP contribution in [0.3, 0.4) is 0 Å². The van der Waals surface area contributed by atoms with Crippen LogP contribution in [-0.2, 0) is 4.79 Å². The van der Waals surface area contributed by atoms with Crippen molar-refractivity contribution in [1.82, 2.24) is 4.90 Å². The predicted molar refractivity (Wildman–Crippen MR) is 99.6 cm³/mol. The summed E-state index contributed by atoms with van der Waals surface area (Å²) in [6.45, 7) is 0.585. The Morgan fingerprint density at radius 2 is 2.16 bits per heavy atom. The summed E-state index contributed by atoms with van der Waals surface area (Å²) in [6.07, 6.45) is 2.46. The van der Waals surface area contributed by atoms with E-state index in [0.717, 1.165) is 12.8 Å². The molecule has 0 radical (unpaired) electrons. The van der Waals surface area contributed by atoms with Gasteiger partial charge in [0, 0.05) is 11.6 Å². The number of benzene rings is 1. The van der Waals surface area contributed by atoms with Crippen LogP contribution in [0.5, 0.6) is 5.75 Å². The van der Waals surface area contributed by atoms with Gasteiger partial charge in [-0.1, -0.05) is 17.7 Å². The zero-order valence-corrected chi connectivity index (χ0v) is 15.4. The number of likely N-dealkylation sites (tertiary alicyclic amines) is 1. The standard InChI is InChI=1S/C18H19ClN2O3S/c1-24-15-8-7-12(19)11-13(15)20-17(22)14-5-2-3-9-21(14)18(23)16-6-4-10-25-16/h4,6-8,10-11,14H,2-3,5,9H2,1H3,(H,20,22). The number of nitrogens with one attached hydrogen (secondary N) is 1. The SMILES string of the molecule is COc1ccc(Cl)cc1NC(=O)C1CCCCN1C(=O)c1cccs1. The van der Waals surface area contributed by atoms with Gasteiger partial charge in [-0.05, 0) is 48.9 Å². The van der Waals surface area contributed by atoms with E-state index >= 15 is 0 Å². The van der Waals surface area contributed by atoms with Crippen LogP contribution in [-0.4, -0.2) is 36.4 Å². The average molecular weight is 379 g/mol. The van der Waals surface area contributed by atoms with Crippen LogP contribution in [0.2, 0.25) is 5.02 Å². The number of thiophene rings is 1. The lowest BCUT2D eigenvalue weighted by Crippen LogP contribution is -2.49. The molecule has 1 aliphatic heterocycles. The second-order valence-corrected chi connectivity index (χ2v) is 7.21. The number of amides is 2. The first-order valence-electron chi connectivity index (χ1n) is 8.09. The van der Waals surface area contributed by atoms with Crippen molar-refractivity contribution in [3.05, 3.63) is 45.6 Å². The Balaban J connectivity index is 1.79. The largest absolute Gasteiger partial charge is 0.495 e. The second kappa shape index (κ2) is 7.89. The van der Waals surface area contributed by atoms with E-state index in [1.807, 2.05) is 11.4 Å². The van der Waals surface area contributed by atoms with Gasteiger partial charge in [0.05, 0.1) is 17.7 Å². The molecule has 1 N–H and O–H groups in total. The van der Waals surface area contributed by atoms with E-state index in [1.54, 1.807) is 29.2 Å². The van der Waals surface area contributed by atoms with Crippen LogP contribution in [0, 0.1) is 0 Å². The number of piperidine rings is 1. The lowest BCUT2D eigenvalue weighted by atomic mass is 10.0. The molecule has 0 saturated carbocycles. The van der Waals surface area contributed by atoms with Crippen molar-refractivity contribution in [2.24, 2.45) is 0 Å². The summed E-state index contributed by atoms with van der Waals surface area (Å²) in [4.78, 5) is 27.9. The smallest absolute Gasteiger partial charge is 0.264 e. The molecular weight excluding hydrogens is 360 g/mol. The summed E-state index contributed by atoms with van der Waals surface area (Å²) >= 11 is 7.41. The highest BCUT2D eigenvalue weighted by Gasteiger charge is 2.33. The Kier molecular flexibility index (Phi) is 5.60. The minimum Gasteiger partial charge on any atom is -0.495 e. The Hall–Kier alpha value is -2.05. The fraction of sp³-hybridized carbons (Fsp3) is 0.333. The van der Waals surface area contributed by atoms with E-state index in [1.165, 1.54) is 18.4 Å². The van der Waals surface area contributed by atoms with Crippen LogP contribution in [0.25, 0.3) is 0 Å². The van der Waals surface area contributed by atoms with Crippen molar-refractivity contribution in [3.8, 4) is 5.75 Å². The summed E-state index contributed by atoms with van der Waals surface area (Å²) in [6, 6.07) is 8.18. The van der Waals surface area contributed by atoms with Crippen LogP contribution in [0.1, 0.15) is 28.9 Å². The number of methoxy groups -OCH3 is 1. The molecule has 1 aromatic heterocycles. The fourth-order valence-electron chi connectivity index (χ4n) is 2.98. The molecular formula is C18H19ClN2O3S. The molecule has 132 valence electrons. The summed E-state index contributed by atoms with van der Waals surface area (Å²) in [5.41, 5.74) is 0.508. The topological polar surface area (TPSA) is 58.6 Å². The molecule has 0 spiro atoms. The molecule has 2 amide bonds.